The van der Waals surface area contributed by atoms with Crippen LogP contribution in [0.1, 0.15) is 25.8 Å². The molecule has 136 valence electrons. The fourth-order valence-electron chi connectivity index (χ4n) is 2.13. The lowest BCUT2D eigenvalue weighted by Crippen LogP contribution is -2.34. The van der Waals surface area contributed by atoms with Crippen molar-refractivity contribution in [3.05, 3.63) is 28.8 Å². The van der Waals surface area contributed by atoms with Crippen LogP contribution in [-0.2, 0) is 21.0 Å². The van der Waals surface area contributed by atoms with Gasteiger partial charge in [-0.3, -0.25) is 4.79 Å². The van der Waals surface area contributed by atoms with Gasteiger partial charge in [0.1, 0.15) is 4.90 Å². The molecule has 0 heterocycles. The van der Waals surface area contributed by atoms with E-state index in [1.165, 1.54) is 0 Å². The van der Waals surface area contributed by atoms with Crippen LogP contribution in [0.15, 0.2) is 23.1 Å². The second-order valence-corrected chi connectivity index (χ2v) is 7.74. The van der Waals surface area contributed by atoms with E-state index < -0.39 is 50.1 Å². The summed E-state index contributed by atoms with van der Waals surface area (Å²) in [6.07, 6.45) is -4.74. The maximum Gasteiger partial charge on any atom is 0.417 e. The molecule has 1 aromatic rings. The van der Waals surface area contributed by atoms with Crippen LogP contribution in [0.2, 0.25) is 5.02 Å². The first-order chi connectivity index (χ1) is 10.9. The summed E-state index contributed by atoms with van der Waals surface area (Å²) in [7, 11) is -4.63. The smallest absolute Gasteiger partial charge is 0.417 e. The third-order valence-electron chi connectivity index (χ3n) is 3.17. The Hall–Kier alpha value is -1.32. The van der Waals surface area contributed by atoms with Crippen LogP contribution in [0.5, 0.6) is 0 Å². The number of carboxylic acids is 1. The number of hydrogen-bond donors (Lipinski definition) is 2. The van der Waals surface area contributed by atoms with Crippen molar-refractivity contribution in [3.63, 3.8) is 0 Å². The van der Waals surface area contributed by atoms with Gasteiger partial charge in [-0.25, -0.2) is 13.1 Å². The Morgan fingerprint density at radius 2 is 1.92 bits per heavy atom. The molecule has 0 bridgehead atoms. The Balaban J connectivity index is 3.16. The van der Waals surface area contributed by atoms with Gasteiger partial charge >= 0.3 is 12.1 Å². The lowest BCUT2D eigenvalue weighted by Gasteiger charge is -2.18. The van der Waals surface area contributed by atoms with Gasteiger partial charge in [-0.1, -0.05) is 31.5 Å². The lowest BCUT2D eigenvalue weighted by molar-refractivity contribution is -0.142. The largest absolute Gasteiger partial charge is 0.481 e. The van der Waals surface area contributed by atoms with E-state index in [9.17, 15) is 26.4 Å². The number of sulfonamides is 1. The number of carbonyl (C=O) groups is 1. The van der Waals surface area contributed by atoms with Gasteiger partial charge in [0.2, 0.25) is 10.0 Å². The van der Waals surface area contributed by atoms with Gasteiger partial charge in [0.05, 0.1) is 16.5 Å². The molecule has 0 aliphatic rings. The molecule has 0 fully saturated rings. The van der Waals surface area contributed by atoms with Crippen molar-refractivity contribution in [3.8, 4) is 0 Å². The molecule has 0 saturated carbocycles. The van der Waals surface area contributed by atoms with Crippen LogP contribution < -0.4 is 4.72 Å². The molecule has 1 atom stereocenters. The number of nitrogens with one attached hydrogen (secondary N) is 1. The van der Waals surface area contributed by atoms with E-state index in [4.69, 9.17) is 16.7 Å². The summed E-state index contributed by atoms with van der Waals surface area (Å²) in [6.45, 7) is 2.97. The number of carboxylic acid groups (broad SMARTS) is 1. The summed E-state index contributed by atoms with van der Waals surface area (Å²) in [6, 6.07) is 2.61. The van der Waals surface area contributed by atoms with Crippen molar-refractivity contribution in [1.82, 2.24) is 4.72 Å². The Bertz CT molecular complexity index is 704. The molecule has 1 unspecified atom stereocenters. The van der Waals surface area contributed by atoms with Crippen molar-refractivity contribution in [1.29, 1.82) is 0 Å². The quantitative estimate of drug-likeness (QED) is 0.751. The van der Waals surface area contributed by atoms with Crippen molar-refractivity contribution >= 4 is 27.6 Å². The predicted octanol–water partition coefficient (Wildman–Crippen LogP) is 3.38. The highest BCUT2D eigenvalue weighted by Crippen LogP contribution is 2.37. The predicted molar refractivity (Wildman–Crippen MR) is 82.2 cm³/mol. The van der Waals surface area contributed by atoms with Gasteiger partial charge in [-0.2, -0.15) is 13.2 Å². The van der Waals surface area contributed by atoms with E-state index in [-0.39, 0.29) is 12.3 Å². The molecule has 5 nitrogen and oxygen atoms in total. The highest BCUT2D eigenvalue weighted by Gasteiger charge is 2.38. The fraction of sp³-hybridized carbons (Fsp3) is 0.500. The van der Waals surface area contributed by atoms with Gasteiger partial charge in [0.15, 0.2) is 0 Å². The van der Waals surface area contributed by atoms with Gasteiger partial charge in [0, 0.05) is 6.54 Å². The van der Waals surface area contributed by atoms with Gasteiger partial charge in [-0.05, 0) is 24.5 Å². The zero-order chi connectivity index (χ0) is 18.7. The summed E-state index contributed by atoms with van der Waals surface area (Å²) >= 11 is 5.65. The van der Waals surface area contributed by atoms with Gasteiger partial charge < -0.3 is 5.11 Å². The zero-order valence-electron chi connectivity index (χ0n) is 12.9. The van der Waals surface area contributed by atoms with Crippen LogP contribution >= 0.6 is 11.6 Å². The first kappa shape index (κ1) is 20.7. The first-order valence-corrected chi connectivity index (χ1v) is 8.80. The maximum absolute atomic E-state index is 13.0. The molecular formula is C14H17ClF3NO4S. The van der Waals surface area contributed by atoms with E-state index in [0.717, 1.165) is 12.1 Å². The average molecular weight is 388 g/mol. The molecule has 1 aromatic carbocycles. The van der Waals surface area contributed by atoms with Crippen molar-refractivity contribution in [2.24, 2.45) is 11.8 Å². The van der Waals surface area contributed by atoms with E-state index in [0.29, 0.717) is 6.07 Å². The van der Waals surface area contributed by atoms with Crippen LogP contribution in [0.3, 0.4) is 0 Å². The molecule has 0 radical (unpaired) electrons. The lowest BCUT2D eigenvalue weighted by atomic mass is 9.98. The minimum Gasteiger partial charge on any atom is -0.481 e. The van der Waals surface area contributed by atoms with E-state index in [2.05, 4.69) is 0 Å². The van der Waals surface area contributed by atoms with E-state index in [1.54, 1.807) is 13.8 Å². The summed E-state index contributed by atoms with van der Waals surface area (Å²) < 4.78 is 65.5. The van der Waals surface area contributed by atoms with Crippen molar-refractivity contribution < 1.29 is 31.5 Å². The number of alkyl halides is 3. The number of benzene rings is 1. The molecular weight excluding hydrogens is 371 g/mol. The molecule has 0 spiro atoms. The van der Waals surface area contributed by atoms with Gasteiger partial charge in [-0.15, -0.1) is 0 Å². The highest BCUT2D eigenvalue weighted by molar-refractivity contribution is 7.89. The Morgan fingerprint density at radius 3 is 2.38 bits per heavy atom. The molecule has 10 heteroatoms. The second kappa shape index (κ2) is 7.71. The minimum atomic E-state index is -4.92. The number of halogens is 4. The molecule has 0 aliphatic heterocycles. The molecule has 1 rings (SSSR count). The number of hydrogen-bond acceptors (Lipinski definition) is 3. The van der Waals surface area contributed by atoms with Gasteiger partial charge in [0.25, 0.3) is 0 Å². The van der Waals surface area contributed by atoms with Crippen LogP contribution in [0.4, 0.5) is 13.2 Å². The van der Waals surface area contributed by atoms with Crippen LogP contribution in [0.25, 0.3) is 0 Å². The number of aliphatic carboxylic acids is 1. The first-order valence-electron chi connectivity index (χ1n) is 6.94. The standard InChI is InChI=1S/C14H17ClF3NO4S/c1-8(2)6-9(13(20)21)7-19-24(22,23)12-10(14(16,17)18)4-3-5-11(12)15/h3-5,8-9,19H,6-7H2,1-2H3,(H,20,21). The maximum atomic E-state index is 13.0. The Kier molecular flexibility index (Phi) is 6.66. The SMILES string of the molecule is CC(C)CC(CNS(=O)(=O)c1c(Cl)cccc1C(F)(F)F)C(=O)O. The zero-order valence-corrected chi connectivity index (χ0v) is 14.5. The van der Waals surface area contributed by atoms with Crippen molar-refractivity contribution in [2.45, 2.75) is 31.3 Å². The third-order valence-corrected chi connectivity index (χ3v) is 5.12. The van der Waals surface area contributed by atoms with Crippen LogP contribution in [-0.4, -0.2) is 26.0 Å². The minimum absolute atomic E-state index is 0.0262. The Labute approximate surface area is 142 Å². The molecule has 24 heavy (non-hydrogen) atoms. The Morgan fingerprint density at radius 1 is 1.33 bits per heavy atom. The summed E-state index contributed by atoms with van der Waals surface area (Å²) in [5.41, 5.74) is -1.40. The summed E-state index contributed by atoms with van der Waals surface area (Å²) in [5, 5.41) is 8.50. The fourth-order valence-corrected chi connectivity index (χ4v) is 3.97. The third kappa shape index (κ3) is 5.35. The molecule has 0 amide bonds. The second-order valence-electron chi connectivity index (χ2n) is 5.63. The highest BCUT2D eigenvalue weighted by atomic mass is 35.5. The molecule has 2 N–H and O–H groups in total. The summed E-state index contributed by atoms with van der Waals surface area (Å²) in [5.74, 6) is -2.32. The number of rotatable bonds is 7. The van der Waals surface area contributed by atoms with E-state index in [1.807, 2.05) is 4.72 Å². The molecule has 0 aliphatic carbocycles. The van der Waals surface area contributed by atoms with Crippen LogP contribution in [0, 0.1) is 11.8 Å². The monoisotopic (exact) mass is 387 g/mol. The molecule has 0 saturated heterocycles. The summed E-state index contributed by atoms with van der Waals surface area (Å²) in [4.78, 5) is 10.0. The normalized spacial score (nSPS) is 14.0. The molecule has 0 aromatic heterocycles. The van der Waals surface area contributed by atoms with E-state index >= 15 is 0 Å². The topological polar surface area (TPSA) is 83.5 Å². The average Bonchev–Trinajstić information content (AvgIpc) is 2.41. The van der Waals surface area contributed by atoms with Crippen molar-refractivity contribution in [2.75, 3.05) is 6.54 Å².